The first-order chi connectivity index (χ1) is 15.9. The highest BCUT2D eigenvalue weighted by molar-refractivity contribution is 5.60. The lowest BCUT2D eigenvalue weighted by Gasteiger charge is -2.08. The van der Waals surface area contributed by atoms with Crippen LogP contribution in [0.2, 0.25) is 0 Å². The first kappa shape index (κ1) is 21.9. The van der Waals surface area contributed by atoms with Crippen LogP contribution in [0.1, 0.15) is 11.1 Å². The number of ether oxygens (including phenoxy) is 2. The standard InChI is InChI=1S/C28H28N2O2/c1-3-15-29-27(11-1)25-9-5-7-23(21-25)13-17-31-19-20-32-18-14-24-8-6-10-26(22-24)28-12-2-4-16-30-28/h1-12,15-16,21-22H,13-14,17-20H2. The van der Waals surface area contributed by atoms with E-state index < -0.39 is 0 Å². The molecular formula is C28H28N2O2. The van der Waals surface area contributed by atoms with Crippen molar-refractivity contribution in [2.24, 2.45) is 0 Å². The maximum absolute atomic E-state index is 5.76. The second-order valence-electron chi connectivity index (χ2n) is 7.56. The molecule has 2 aromatic heterocycles. The second-order valence-corrected chi connectivity index (χ2v) is 7.56. The zero-order valence-corrected chi connectivity index (χ0v) is 18.2. The van der Waals surface area contributed by atoms with Gasteiger partial charge in [-0.25, -0.2) is 0 Å². The van der Waals surface area contributed by atoms with Gasteiger partial charge in [-0.2, -0.15) is 0 Å². The smallest absolute Gasteiger partial charge is 0.0702 e. The molecule has 4 rings (SSSR count). The molecular weight excluding hydrogens is 396 g/mol. The molecule has 0 bridgehead atoms. The number of benzene rings is 2. The highest BCUT2D eigenvalue weighted by Crippen LogP contribution is 2.19. The molecule has 0 radical (unpaired) electrons. The molecule has 4 nitrogen and oxygen atoms in total. The first-order valence-electron chi connectivity index (χ1n) is 11.0. The monoisotopic (exact) mass is 424 g/mol. The third-order valence-corrected chi connectivity index (χ3v) is 5.22. The maximum atomic E-state index is 5.76. The molecule has 0 amide bonds. The van der Waals surface area contributed by atoms with Gasteiger partial charge in [0.25, 0.3) is 0 Å². The summed E-state index contributed by atoms with van der Waals surface area (Å²) in [5.74, 6) is 0. The van der Waals surface area contributed by atoms with E-state index in [1.807, 2.05) is 48.8 Å². The number of rotatable bonds is 11. The zero-order valence-electron chi connectivity index (χ0n) is 18.2. The predicted molar refractivity (Wildman–Crippen MR) is 128 cm³/mol. The van der Waals surface area contributed by atoms with E-state index in [9.17, 15) is 0 Å². The van der Waals surface area contributed by atoms with Crippen LogP contribution in [0.5, 0.6) is 0 Å². The highest BCUT2D eigenvalue weighted by atomic mass is 16.5. The SMILES string of the molecule is c1ccc(-c2cccc(CCOCCOCCc3cccc(-c4ccccn4)c3)c2)nc1. The topological polar surface area (TPSA) is 44.2 Å². The summed E-state index contributed by atoms with van der Waals surface area (Å²) in [5, 5.41) is 0. The number of pyridine rings is 2. The molecule has 4 heteroatoms. The molecule has 4 aromatic rings. The van der Waals surface area contributed by atoms with E-state index in [1.165, 1.54) is 11.1 Å². The van der Waals surface area contributed by atoms with Gasteiger partial charge < -0.3 is 9.47 Å². The molecule has 0 aliphatic heterocycles. The Hall–Kier alpha value is -3.34. The Morgan fingerprint density at radius 3 is 1.44 bits per heavy atom. The molecule has 0 aliphatic rings. The van der Waals surface area contributed by atoms with Crippen LogP contribution in [0.15, 0.2) is 97.3 Å². The van der Waals surface area contributed by atoms with Gasteiger partial charge >= 0.3 is 0 Å². The van der Waals surface area contributed by atoms with Crippen LogP contribution < -0.4 is 0 Å². The van der Waals surface area contributed by atoms with E-state index in [0.29, 0.717) is 26.4 Å². The molecule has 162 valence electrons. The number of hydrogen-bond acceptors (Lipinski definition) is 4. The molecule has 0 fully saturated rings. The molecule has 32 heavy (non-hydrogen) atoms. The quantitative estimate of drug-likeness (QED) is 0.293. The average Bonchev–Trinajstić information content (AvgIpc) is 2.87. The van der Waals surface area contributed by atoms with E-state index in [0.717, 1.165) is 35.4 Å². The maximum Gasteiger partial charge on any atom is 0.0702 e. The van der Waals surface area contributed by atoms with Crippen molar-refractivity contribution in [3.05, 3.63) is 108 Å². The van der Waals surface area contributed by atoms with E-state index in [1.54, 1.807) is 0 Å². The van der Waals surface area contributed by atoms with E-state index in [-0.39, 0.29) is 0 Å². The molecule has 0 aliphatic carbocycles. The van der Waals surface area contributed by atoms with Crippen molar-refractivity contribution < 1.29 is 9.47 Å². The van der Waals surface area contributed by atoms with E-state index in [2.05, 4.69) is 58.5 Å². The number of hydrogen-bond donors (Lipinski definition) is 0. The van der Waals surface area contributed by atoms with Crippen LogP contribution in [0.25, 0.3) is 22.5 Å². The molecule has 2 aromatic carbocycles. The van der Waals surface area contributed by atoms with Gasteiger partial charge in [-0.05, 0) is 60.4 Å². The normalized spacial score (nSPS) is 10.9. The van der Waals surface area contributed by atoms with Gasteiger partial charge in [0.1, 0.15) is 0 Å². The largest absolute Gasteiger partial charge is 0.379 e. The second kappa shape index (κ2) is 11.9. The third kappa shape index (κ3) is 6.58. The Bertz CT molecular complexity index is 996. The van der Waals surface area contributed by atoms with Crippen molar-refractivity contribution in [1.82, 2.24) is 9.97 Å². The van der Waals surface area contributed by atoms with Crippen LogP contribution in [0, 0.1) is 0 Å². The summed E-state index contributed by atoms with van der Waals surface area (Å²) in [6.07, 6.45) is 5.40. The van der Waals surface area contributed by atoms with Crippen LogP contribution in [0.3, 0.4) is 0 Å². The van der Waals surface area contributed by atoms with Crippen LogP contribution in [-0.2, 0) is 22.3 Å². The molecule has 0 atom stereocenters. The fraction of sp³-hybridized carbons (Fsp3) is 0.214. The van der Waals surface area contributed by atoms with Crippen molar-refractivity contribution in [3.63, 3.8) is 0 Å². The van der Waals surface area contributed by atoms with Crippen molar-refractivity contribution in [1.29, 1.82) is 0 Å². The molecule has 0 spiro atoms. The van der Waals surface area contributed by atoms with E-state index >= 15 is 0 Å². The third-order valence-electron chi connectivity index (χ3n) is 5.22. The van der Waals surface area contributed by atoms with Gasteiger partial charge in [-0.1, -0.05) is 48.5 Å². The Morgan fingerprint density at radius 2 is 1.00 bits per heavy atom. The Kier molecular flexibility index (Phi) is 8.13. The van der Waals surface area contributed by atoms with Crippen molar-refractivity contribution in [2.45, 2.75) is 12.8 Å². The predicted octanol–water partition coefficient (Wildman–Crippen LogP) is 5.63. The van der Waals surface area contributed by atoms with Crippen molar-refractivity contribution in [2.75, 3.05) is 26.4 Å². The molecule has 0 unspecified atom stereocenters. The molecule has 2 heterocycles. The van der Waals surface area contributed by atoms with Crippen molar-refractivity contribution in [3.8, 4) is 22.5 Å². The minimum absolute atomic E-state index is 0.605. The molecule has 0 saturated carbocycles. The number of aromatic nitrogens is 2. The fourth-order valence-corrected chi connectivity index (χ4v) is 3.54. The summed E-state index contributed by atoms with van der Waals surface area (Å²) in [7, 11) is 0. The van der Waals surface area contributed by atoms with Crippen LogP contribution in [0.4, 0.5) is 0 Å². The Labute approximate surface area is 189 Å². The lowest BCUT2D eigenvalue weighted by molar-refractivity contribution is 0.0501. The summed E-state index contributed by atoms with van der Waals surface area (Å²) < 4.78 is 11.5. The van der Waals surface area contributed by atoms with Gasteiger partial charge in [0.05, 0.1) is 37.8 Å². The van der Waals surface area contributed by atoms with Gasteiger partial charge in [0.15, 0.2) is 0 Å². The van der Waals surface area contributed by atoms with Gasteiger partial charge in [-0.15, -0.1) is 0 Å². The average molecular weight is 425 g/mol. The first-order valence-corrected chi connectivity index (χ1v) is 11.0. The summed E-state index contributed by atoms with van der Waals surface area (Å²) in [6.45, 7) is 2.57. The van der Waals surface area contributed by atoms with Crippen LogP contribution >= 0.6 is 0 Å². The Morgan fingerprint density at radius 1 is 0.500 bits per heavy atom. The van der Waals surface area contributed by atoms with E-state index in [4.69, 9.17) is 9.47 Å². The van der Waals surface area contributed by atoms with Gasteiger partial charge in [0, 0.05) is 23.5 Å². The number of nitrogens with zero attached hydrogens (tertiary/aromatic N) is 2. The minimum atomic E-state index is 0.605. The van der Waals surface area contributed by atoms with Crippen LogP contribution in [-0.4, -0.2) is 36.4 Å². The summed E-state index contributed by atoms with van der Waals surface area (Å²) in [6, 6.07) is 28.9. The lowest BCUT2D eigenvalue weighted by Crippen LogP contribution is -2.08. The fourth-order valence-electron chi connectivity index (χ4n) is 3.54. The zero-order chi connectivity index (χ0) is 21.8. The van der Waals surface area contributed by atoms with Gasteiger partial charge in [0.2, 0.25) is 0 Å². The van der Waals surface area contributed by atoms with Crippen molar-refractivity contribution >= 4 is 0 Å². The lowest BCUT2D eigenvalue weighted by atomic mass is 10.1. The molecule has 0 saturated heterocycles. The molecule has 0 N–H and O–H groups in total. The summed E-state index contributed by atoms with van der Waals surface area (Å²) in [5.41, 5.74) is 6.77. The van der Waals surface area contributed by atoms with Gasteiger partial charge in [-0.3, -0.25) is 9.97 Å². The minimum Gasteiger partial charge on any atom is -0.379 e. The summed E-state index contributed by atoms with van der Waals surface area (Å²) in [4.78, 5) is 8.84. The highest BCUT2D eigenvalue weighted by Gasteiger charge is 2.02. The summed E-state index contributed by atoms with van der Waals surface area (Å²) >= 11 is 0. The Balaban J connectivity index is 1.12.